The average molecular weight is 464 g/mol. The Hall–Kier alpha value is -3.20. The van der Waals surface area contributed by atoms with Gasteiger partial charge in [-0.1, -0.05) is 28.1 Å². The van der Waals surface area contributed by atoms with Crippen molar-refractivity contribution < 1.29 is 23.0 Å². The minimum absolute atomic E-state index is 0.0550. The van der Waals surface area contributed by atoms with Crippen LogP contribution < -0.4 is 14.8 Å². The highest BCUT2D eigenvalue weighted by atomic mass is 79.9. The summed E-state index contributed by atoms with van der Waals surface area (Å²) >= 11 is 3.36. The van der Waals surface area contributed by atoms with E-state index < -0.39 is 6.61 Å². The predicted octanol–water partition coefficient (Wildman–Crippen LogP) is 4.94. The van der Waals surface area contributed by atoms with Crippen LogP contribution in [-0.4, -0.2) is 22.3 Å². The fraction of sp³-hybridized carbons (Fsp3) is 0.100. The number of nitrogens with one attached hydrogen (secondary N) is 1. The summed E-state index contributed by atoms with van der Waals surface area (Å²) in [7, 11) is 0. The lowest BCUT2D eigenvalue weighted by Gasteiger charge is -2.05. The van der Waals surface area contributed by atoms with Crippen molar-refractivity contribution in [1.82, 2.24) is 9.78 Å². The second-order valence-electron chi connectivity index (χ2n) is 5.77. The number of aromatic nitrogens is 2. The van der Waals surface area contributed by atoms with Crippen LogP contribution in [0.3, 0.4) is 0 Å². The Kier molecular flexibility index (Phi) is 6.96. The van der Waals surface area contributed by atoms with E-state index in [1.54, 1.807) is 29.1 Å². The Morgan fingerprint density at radius 2 is 1.83 bits per heavy atom. The van der Waals surface area contributed by atoms with Gasteiger partial charge in [-0.05, 0) is 48.0 Å². The van der Waals surface area contributed by atoms with Crippen molar-refractivity contribution in [2.24, 2.45) is 0 Å². The number of nitrogens with zero attached hydrogens (tertiary/aromatic N) is 2. The van der Waals surface area contributed by atoms with Gasteiger partial charge in [-0.25, -0.2) is 4.68 Å². The molecule has 3 rings (SSSR count). The van der Waals surface area contributed by atoms with Crippen LogP contribution in [-0.2, 0) is 11.5 Å². The number of amides is 1. The number of carbonyl (C=O) groups is 1. The summed E-state index contributed by atoms with van der Waals surface area (Å²) < 4.78 is 36.6. The molecular weight excluding hydrogens is 448 g/mol. The van der Waals surface area contributed by atoms with Gasteiger partial charge in [-0.15, -0.1) is 0 Å². The molecule has 0 aliphatic carbocycles. The molecule has 0 radical (unpaired) electrons. The summed E-state index contributed by atoms with van der Waals surface area (Å²) in [6.45, 7) is -2.68. The maximum absolute atomic E-state index is 12.1. The van der Waals surface area contributed by atoms with Crippen LogP contribution in [0.4, 0.5) is 14.5 Å². The van der Waals surface area contributed by atoms with Gasteiger partial charge in [0.1, 0.15) is 11.5 Å². The lowest BCUT2D eigenvalue weighted by molar-refractivity contribution is -0.111. The fourth-order valence-corrected chi connectivity index (χ4v) is 2.55. The van der Waals surface area contributed by atoms with Gasteiger partial charge in [0.2, 0.25) is 5.91 Å². The molecule has 1 amide bonds. The third-order valence-corrected chi connectivity index (χ3v) is 4.14. The summed E-state index contributed by atoms with van der Waals surface area (Å²) in [5, 5.41) is 6.80. The van der Waals surface area contributed by atoms with E-state index in [2.05, 4.69) is 31.1 Å². The van der Waals surface area contributed by atoms with Crippen LogP contribution in [0.15, 0.2) is 71.5 Å². The van der Waals surface area contributed by atoms with Crippen molar-refractivity contribution in [3.8, 4) is 11.5 Å². The number of rotatable bonds is 8. The lowest BCUT2D eigenvalue weighted by atomic mass is 10.2. The summed E-state index contributed by atoms with van der Waals surface area (Å²) in [6, 6.07) is 13.3. The fourth-order valence-electron chi connectivity index (χ4n) is 2.29. The molecule has 0 aliphatic heterocycles. The van der Waals surface area contributed by atoms with E-state index in [-0.39, 0.29) is 18.4 Å². The highest BCUT2D eigenvalue weighted by Crippen LogP contribution is 2.17. The first-order chi connectivity index (χ1) is 14.0. The van der Waals surface area contributed by atoms with E-state index in [9.17, 15) is 13.6 Å². The van der Waals surface area contributed by atoms with E-state index >= 15 is 0 Å². The number of benzene rings is 2. The Morgan fingerprint density at radius 3 is 2.52 bits per heavy atom. The van der Waals surface area contributed by atoms with Crippen molar-refractivity contribution in [3.05, 3.63) is 77.0 Å². The van der Waals surface area contributed by atoms with Crippen LogP contribution in [0, 0.1) is 0 Å². The molecule has 0 bridgehead atoms. The van der Waals surface area contributed by atoms with Gasteiger partial charge in [0.25, 0.3) is 0 Å². The van der Waals surface area contributed by atoms with Crippen LogP contribution in [0.25, 0.3) is 6.08 Å². The smallest absolute Gasteiger partial charge is 0.387 e. The zero-order valence-electron chi connectivity index (χ0n) is 15.0. The minimum Gasteiger partial charge on any atom is -0.471 e. The summed E-state index contributed by atoms with van der Waals surface area (Å²) in [4.78, 5) is 12.0. The molecule has 0 fully saturated rings. The van der Waals surface area contributed by atoms with Crippen molar-refractivity contribution in [1.29, 1.82) is 0 Å². The molecule has 1 heterocycles. The molecule has 150 valence electrons. The van der Waals surface area contributed by atoms with Gasteiger partial charge in [-0.3, -0.25) is 4.79 Å². The van der Waals surface area contributed by atoms with E-state index in [1.165, 1.54) is 24.4 Å². The van der Waals surface area contributed by atoms with Gasteiger partial charge >= 0.3 is 6.61 Å². The van der Waals surface area contributed by atoms with Gasteiger partial charge in [0, 0.05) is 10.5 Å². The normalized spacial score (nSPS) is 11.0. The molecule has 0 saturated heterocycles. The molecule has 29 heavy (non-hydrogen) atoms. The van der Waals surface area contributed by atoms with E-state index in [1.807, 2.05) is 24.3 Å². The predicted molar refractivity (Wildman–Crippen MR) is 108 cm³/mol. The Balaban J connectivity index is 1.49. The third-order valence-electron chi connectivity index (χ3n) is 3.61. The van der Waals surface area contributed by atoms with Crippen molar-refractivity contribution >= 4 is 33.6 Å². The van der Waals surface area contributed by atoms with Crippen LogP contribution in [0.1, 0.15) is 5.56 Å². The monoisotopic (exact) mass is 463 g/mol. The topological polar surface area (TPSA) is 65.4 Å². The van der Waals surface area contributed by atoms with Gasteiger partial charge in [-0.2, -0.15) is 13.9 Å². The first-order valence-corrected chi connectivity index (χ1v) is 9.22. The number of anilines is 1. The molecule has 0 atom stereocenters. The number of alkyl halides is 2. The Labute approximate surface area is 173 Å². The molecule has 0 unspecified atom stereocenters. The molecule has 0 spiro atoms. The molecule has 1 aromatic heterocycles. The first-order valence-electron chi connectivity index (χ1n) is 8.43. The first kappa shape index (κ1) is 20.5. The summed E-state index contributed by atoms with van der Waals surface area (Å²) in [5.41, 5.74) is 1.18. The van der Waals surface area contributed by atoms with E-state index in [4.69, 9.17) is 4.74 Å². The molecule has 6 nitrogen and oxygen atoms in total. The minimum atomic E-state index is -2.87. The van der Waals surface area contributed by atoms with E-state index in [0.717, 1.165) is 4.47 Å². The molecular formula is C20H16BrF2N3O3. The zero-order chi connectivity index (χ0) is 20.6. The van der Waals surface area contributed by atoms with Gasteiger partial charge in [0.05, 0.1) is 18.1 Å². The average Bonchev–Trinajstić information content (AvgIpc) is 3.14. The molecule has 2 aromatic carbocycles. The lowest BCUT2D eigenvalue weighted by Crippen LogP contribution is -2.08. The quantitative estimate of drug-likeness (QED) is 0.480. The van der Waals surface area contributed by atoms with Crippen molar-refractivity contribution in [2.45, 2.75) is 13.3 Å². The highest BCUT2D eigenvalue weighted by molar-refractivity contribution is 9.10. The number of carbonyl (C=O) groups excluding carboxylic acids is 1. The van der Waals surface area contributed by atoms with Gasteiger partial charge in [0.15, 0.2) is 6.73 Å². The van der Waals surface area contributed by atoms with Gasteiger partial charge < -0.3 is 14.8 Å². The molecule has 9 heteroatoms. The number of hydrogen-bond donors (Lipinski definition) is 1. The third kappa shape index (κ3) is 6.72. The molecule has 0 aliphatic rings. The van der Waals surface area contributed by atoms with Crippen molar-refractivity contribution in [3.63, 3.8) is 0 Å². The van der Waals surface area contributed by atoms with Crippen LogP contribution in [0.5, 0.6) is 11.5 Å². The summed E-state index contributed by atoms with van der Waals surface area (Å²) in [6.07, 6.45) is 6.04. The van der Waals surface area contributed by atoms with Crippen LogP contribution >= 0.6 is 15.9 Å². The molecule has 0 saturated carbocycles. The molecule has 3 aromatic rings. The SMILES string of the molecule is O=C(/C=C\c1ccc(OC(F)F)cc1)Nc1cnn(COc2ccc(Br)cc2)c1. The number of hydrogen-bond acceptors (Lipinski definition) is 4. The maximum Gasteiger partial charge on any atom is 0.387 e. The standard InChI is InChI=1S/C20H16BrF2N3O3/c21-15-4-8-17(9-5-15)28-13-26-12-16(11-24-26)25-19(27)10-3-14-1-6-18(7-2-14)29-20(22)23/h1-12,20H,13H2,(H,25,27)/b10-3-. The second-order valence-corrected chi connectivity index (χ2v) is 6.68. The summed E-state index contributed by atoms with van der Waals surface area (Å²) in [5.74, 6) is 0.396. The highest BCUT2D eigenvalue weighted by Gasteiger charge is 2.04. The Bertz CT molecular complexity index is 973. The number of halogens is 3. The zero-order valence-corrected chi connectivity index (χ0v) is 16.6. The largest absolute Gasteiger partial charge is 0.471 e. The van der Waals surface area contributed by atoms with Crippen LogP contribution in [0.2, 0.25) is 0 Å². The number of ether oxygens (including phenoxy) is 2. The van der Waals surface area contributed by atoms with E-state index in [0.29, 0.717) is 17.0 Å². The molecule has 1 N–H and O–H groups in total. The second kappa shape index (κ2) is 9.83. The maximum atomic E-state index is 12.1. The van der Waals surface area contributed by atoms with Crippen molar-refractivity contribution in [2.75, 3.05) is 5.32 Å². The Morgan fingerprint density at radius 1 is 1.14 bits per heavy atom.